The molecule has 0 saturated heterocycles. The maximum Gasteiger partial charge on any atom is 0.260 e. The number of imidazole rings is 1. The normalized spacial score (nSPS) is 9.54. The van der Waals surface area contributed by atoms with E-state index in [1.165, 1.54) is 10.8 Å². The summed E-state index contributed by atoms with van der Waals surface area (Å²) in [4.78, 5) is 11.0. The van der Waals surface area contributed by atoms with Crippen LogP contribution in [0.4, 0.5) is 0 Å². The van der Waals surface area contributed by atoms with E-state index in [-0.39, 0.29) is 28.2 Å². The van der Waals surface area contributed by atoms with Crippen LogP contribution >= 0.6 is 0 Å². The molecular weight excluding hydrogens is 525 g/mol. The van der Waals surface area contributed by atoms with E-state index in [9.17, 15) is 0 Å². The van der Waals surface area contributed by atoms with Gasteiger partial charge in [-0.05, 0) is 47.6 Å². The largest absolute Gasteiger partial charge is 0.425 e. The number of nitroso groups, excluding NO2 is 1. The summed E-state index contributed by atoms with van der Waals surface area (Å²) in [5, 5.41) is 15.3. The number of hydrogen-bond acceptors (Lipinski definition) is 5. The van der Waals surface area contributed by atoms with E-state index >= 15 is 0 Å². The van der Waals surface area contributed by atoms with Crippen molar-refractivity contribution in [2.75, 3.05) is 0 Å². The zero-order valence-corrected chi connectivity index (χ0v) is 21.0. The number of benzene rings is 2. The van der Waals surface area contributed by atoms with Gasteiger partial charge in [0.25, 0.3) is 7.12 Å². The third kappa shape index (κ3) is 8.01. The van der Waals surface area contributed by atoms with Gasteiger partial charge in [0.2, 0.25) is 0 Å². The van der Waals surface area contributed by atoms with Gasteiger partial charge in [-0.15, -0.1) is 4.91 Å². The average molecular weight is 548 g/mol. The van der Waals surface area contributed by atoms with Crippen LogP contribution in [0.3, 0.4) is 0 Å². The van der Waals surface area contributed by atoms with E-state index in [0.29, 0.717) is 0 Å². The fourth-order valence-electron chi connectivity index (χ4n) is 3.07. The van der Waals surface area contributed by atoms with E-state index in [1.54, 1.807) is 44.9 Å². The van der Waals surface area contributed by atoms with E-state index in [4.69, 9.17) is 10.5 Å². The Morgan fingerprint density at radius 1 is 0.629 bits per heavy atom. The van der Waals surface area contributed by atoms with Crippen LogP contribution in [0.15, 0.2) is 123 Å². The van der Waals surface area contributed by atoms with Crippen molar-refractivity contribution in [2.24, 2.45) is 7.05 Å². The van der Waals surface area contributed by atoms with Gasteiger partial charge in [0, 0.05) is 59.1 Å². The number of aromatic nitrogens is 8. The van der Waals surface area contributed by atoms with E-state index in [0.717, 1.165) is 0 Å². The van der Waals surface area contributed by atoms with Gasteiger partial charge in [-0.2, -0.15) is 0 Å². The Kier molecular flexibility index (Phi) is 11.6. The number of aryl methyl sites for hydroxylation is 1. The number of hydrogen-bond donors (Lipinski definition) is 0. The first-order chi connectivity index (χ1) is 16.8. The van der Waals surface area contributed by atoms with Crippen LogP contribution in [0.25, 0.3) is 10.8 Å². The molecule has 6 rings (SSSR count). The van der Waals surface area contributed by atoms with Crippen LogP contribution in [-0.2, 0) is 28.1 Å². The molecule has 35 heavy (non-hydrogen) atoms. The molecule has 0 aliphatic carbocycles. The van der Waals surface area contributed by atoms with Crippen molar-refractivity contribution in [2.45, 2.75) is 0 Å². The molecule has 0 atom stereocenters. The molecule has 0 N–H and O–H groups in total. The first-order valence-electron chi connectivity index (χ1n) is 10.3. The summed E-state index contributed by atoms with van der Waals surface area (Å²) in [6.45, 7) is 0. The third-order valence-electron chi connectivity index (χ3n) is 4.58. The van der Waals surface area contributed by atoms with Gasteiger partial charge in [-0.3, -0.25) is 0 Å². The Morgan fingerprint density at radius 3 is 1.26 bits per heavy atom. The zero-order chi connectivity index (χ0) is 24.0. The van der Waals surface area contributed by atoms with Crippen molar-refractivity contribution in [3.8, 4) is 0 Å². The molecule has 0 amide bonds. The van der Waals surface area contributed by atoms with E-state index < -0.39 is 0 Å². The SMILES string of the molecule is Cn1ccnc1.[Mo].[N]=O.c1ccc2ccccc2c1.c1cnn([B-](n2cccn2)n2cccn2)c1. The Bertz CT molecular complexity index is 1160. The summed E-state index contributed by atoms with van der Waals surface area (Å²) >= 11 is 0. The van der Waals surface area contributed by atoms with Crippen molar-refractivity contribution < 1.29 is 21.1 Å². The molecule has 0 aliphatic rings. The van der Waals surface area contributed by atoms with E-state index in [1.807, 2.05) is 54.6 Å². The molecule has 0 saturated carbocycles. The standard InChI is InChI=1S/C10H8.C9H9BN6.C4H6N2.Mo.NO/c1-2-6-10-8-4-3-7-9(10)5-1;1-4-11-14(7-1)10(15-8-2-5-12-15)16-9-3-6-13-16;1-6-3-2-5-4-6;;1-2/h1-8H;1-9H;2-4H,1H3;;/q;-1;;;. The summed E-state index contributed by atoms with van der Waals surface area (Å²) in [6, 6.07) is 22.3. The summed E-state index contributed by atoms with van der Waals surface area (Å²) < 4.78 is 7.26. The van der Waals surface area contributed by atoms with Gasteiger partial charge in [0.15, 0.2) is 0 Å². The molecular formula is C23H23BMoN9O-. The molecule has 0 aliphatic heterocycles. The second-order valence-electron chi connectivity index (χ2n) is 6.88. The van der Waals surface area contributed by atoms with Crippen LogP contribution in [0.5, 0.6) is 0 Å². The molecule has 176 valence electrons. The summed E-state index contributed by atoms with van der Waals surface area (Å²) in [5.74, 6) is 0. The molecule has 12 heteroatoms. The zero-order valence-electron chi connectivity index (χ0n) is 19.0. The maximum absolute atomic E-state index is 7.25. The molecule has 4 heterocycles. The monoisotopic (exact) mass is 550 g/mol. The molecule has 6 aromatic rings. The Morgan fingerprint density at radius 2 is 1.03 bits per heavy atom. The summed E-state index contributed by atoms with van der Waals surface area (Å²) in [6.07, 6.45) is 16.2. The second-order valence-corrected chi connectivity index (χ2v) is 6.88. The van der Waals surface area contributed by atoms with Gasteiger partial charge < -0.3 is 18.3 Å². The van der Waals surface area contributed by atoms with Gasteiger partial charge in [0.1, 0.15) is 5.59 Å². The minimum absolute atomic E-state index is 0. The molecule has 0 spiro atoms. The Hall–Kier alpha value is -4.11. The predicted octanol–water partition coefficient (Wildman–Crippen LogP) is 3.02. The molecule has 2 aromatic carbocycles. The quantitative estimate of drug-likeness (QED) is 0.316. The van der Waals surface area contributed by atoms with Gasteiger partial charge in [0.05, 0.1) is 6.33 Å². The molecule has 0 unspecified atom stereocenters. The minimum atomic E-state index is -0.194. The number of rotatable bonds is 3. The number of nitrogens with zero attached hydrogens (tertiary/aromatic N) is 9. The molecule has 10 nitrogen and oxygen atoms in total. The third-order valence-corrected chi connectivity index (χ3v) is 4.58. The van der Waals surface area contributed by atoms with Crippen molar-refractivity contribution in [1.82, 2.24) is 44.2 Å². The predicted molar refractivity (Wildman–Crippen MR) is 131 cm³/mol. The van der Waals surface area contributed by atoms with Gasteiger partial charge in [-0.25, -0.2) is 20.3 Å². The van der Waals surface area contributed by atoms with Crippen LogP contribution < -0.4 is 5.59 Å². The second kappa shape index (κ2) is 14.9. The smallest absolute Gasteiger partial charge is 0.260 e. The van der Waals surface area contributed by atoms with Crippen LogP contribution in [-0.4, -0.2) is 45.7 Å². The van der Waals surface area contributed by atoms with Crippen molar-refractivity contribution in [3.63, 3.8) is 0 Å². The van der Waals surface area contributed by atoms with Crippen LogP contribution in [0.1, 0.15) is 0 Å². The molecule has 0 fully saturated rings. The molecule has 4 aromatic heterocycles. The summed E-state index contributed by atoms with van der Waals surface area (Å²) in [7, 11) is 1.74. The van der Waals surface area contributed by atoms with Crippen molar-refractivity contribution in [1.29, 1.82) is 0 Å². The van der Waals surface area contributed by atoms with Gasteiger partial charge in [-0.1, -0.05) is 48.5 Å². The van der Waals surface area contributed by atoms with Crippen LogP contribution in [0.2, 0.25) is 0 Å². The minimum Gasteiger partial charge on any atom is -0.425 e. The topological polar surface area (TPSA) is 111 Å². The first kappa shape index (κ1) is 27.1. The molecule has 2 radical (unpaired) electrons. The first-order valence-corrected chi connectivity index (χ1v) is 10.3. The Balaban J connectivity index is 0.000000195. The Labute approximate surface area is 217 Å². The number of fused-ring (bicyclic) bond motifs is 1. The van der Waals surface area contributed by atoms with Crippen LogP contribution in [0, 0.1) is 4.91 Å². The van der Waals surface area contributed by atoms with Gasteiger partial charge >= 0.3 is 0 Å². The fraction of sp³-hybridized carbons (Fsp3) is 0.0435. The maximum atomic E-state index is 7.25. The van der Waals surface area contributed by atoms with Crippen molar-refractivity contribution in [3.05, 3.63) is 128 Å². The average Bonchev–Trinajstić information content (AvgIpc) is 3.72. The molecule has 0 bridgehead atoms. The summed E-state index contributed by atoms with van der Waals surface area (Å²) in [5.41, 5.74) is 5.75. The fourth-order valence-corrected chi connectivity index (χ4v) is 3.07. The van der Waals surface area contributed by atoms with E-state index in [2.05, 4.69) is 68.8 Å². The van der Waals surface area contributed by atoms with Crippen molar-refractivity contribution >= 4 is 17.9 Å².